The zero-order valence-electron chi connectivity index (χ0n) is 14.1. The fourth-order valence-electron chi connectivity index (χ4n) is 2.49. The molecule has 1 amide bonds. The molecule has 0 radical (unpaired) electrons. The zero-order chi connectivity index (χ0) is 18.5. The molecule has 3 rings (SSSR count). The summed E-state index contributed by atoms with van der Waals surface area (Å²) in [5.41, 5.74) is 2.15. The van der Waals surface area contributed by atoms with E-state index in [0.717, 1.165) is 10.6 Å². The maximum Gasteiger partial charge on any atom is 0.323 e. The van der Waals surface area contributed by atoms with Crippen molar-refractivity contribution in [1.82, 2.24) is 14.9 Å². The van der Waals surface area contributed by atoms with E-state index in [9.17, 15) is 14.7 Å². The summed E-state index contributed by atoms with van der Waals surface area (Å²) in [6.45, 7) is 1.49. The van der Waals surface area contributed by atoms with E-state index >= 15 is 0 Å². The second-order valence-corrected chi connectivity index (χ2v) is 6.67. The van der Waals surface area contributed by atoms with Crippen molar-refractivity contribution in [1.29, 1.82) is 0 Å². The fraction of sp³-hybridized carbons (Fsp3) is 0.158. The van der Waals surface area contributed by atoms with Crippen LogP contribution in [0.2, 0.25) is 0 Å². The van der Waals surface area contributed by atoms with Crippen molar-refractivity contribution < 1.29 is 14.7 Å². The molecule has 6 nitrogen and oxygen atoms in total. The Labute approximate surface area is 154 Å². The highest BCUT2D eigenvalue weighted by molar-refractivity contribution is 7.17. The molecule has 0 bridgehead atoms. The van der Waals surface area contributed by atoms with Gasteiger partial charge in [-0.25, -0.2) is 4.98 Å². The lowest BCUT2D eigenvalue weighted by Crippen LogP contribution is -2.35. The van der Waals surface area contributed by atoms with Crippen molar-refractivity contribution in [2.45, 2.75) is 13.5 Å². The van der Waals surface area contributed by atoms with E-state index in [1.807, 2.05) is 30.3 Å². The van der Waals surface area contributed by atoms with Gasteiger partial charge in [-0.05, 0) is 19.1 Å². The van der Waals surface area contributed by atoms with Gasteiger partial charge < -0.3 is 10.0 Å². The molecule has 0 spiro atoms. The number of carboxylic acids is 1. The summed E-state index contributed by atoms with van der Waals surface area (Å²) in [6.07, 6.45) is 1.62. The first-order valence-electron chi connectivity index (χ1n) is 7.98. The number of aliphatic carboxylic acids is 1. The molecule has 3 aromatic rings. The molecule has 0 aliphatic rings. The second-order valence-electron chi connectivity index (χ2n) is 5.68. The number of nitrogens with zero attached hydrogens (tertiary/aromatic N) is 3. The van der Waals surface area contributed by atoms with Crippen LogP contribution in [0.25, 0.3) is 10.6 Å². The first kappa shape index (κ1) is 17.8. The molecule has 1 aromatic carbocycles. The minimum absolute atomic E-state index is 0.129. The monoisotopic (exact) mass is 367 g/mol. The molecule has 2 aromatic heterocycles. The summed E-state index contributed by atoms with van der Waals surface area (Å²) in [5, 5.41) is 9.92. The van der Waals surface area contributed by atoms with Crippen molar-refractivity contribution in [2.24, 2.45) is 0 Å². The van der Waals surface area contributed by atoms with E-state index in [1.165, 1.54) is 16.2 Å². The quantitative estimate of drug-likeness (QED) is 0.723. The van der Waals surface area contributed by atoms with Gasteiger partial charge in [-0.2, -0.15) is 0 Å². The number of carbonyl (C=O) groups excluding carboxylic acids is 1. The van der Waals surface area contributed by atoms with Crippen LogP contribution in [-0.2, 0) is 11.3 Å². The molecule has 0 saturated heterocycles. The van der Waals surface area contributed by atoms with Crippen LogP contribution < -0.4 is 0 Å². The van der Waals surface area contributed by atoms with Gasteiger partial charge in [0.1, 0.15) is 16.4 Å². The Morgan fingerprint density at radius 1 is 1.12 bits per heavy atom. The van der Waals surface area contributed by atoms with Gasteiger partial charge >= 0.3 is 5.97 Å². The van der Waals surface area contributed by atoms with Gasteiger partial charge in [0.05, 0.1) is 17.9 Å². The Morgan fingerprint density at radius 3 is 2.50 bits per heavy atom. The Balaban J connectivity index is 1.89. The number of carbonyl (C=O) groups is 2. The van der Waals surface area contributed by atoms with Crippen LogP contribution in [0.1, 0.15) is 21.1 Å². The highest BCUT2D eigenvalue weighted by atomic mass is 32.1. The molecule has 0 atom stereocenters. The zero-order valence-corrected chi connectivity index (χ0v) is 14.9. The van der Waals surface area contributed by atoms with Gasteiger partial charge in [0.15, 0.2) is 0 Å². The Hall–Kier alpha value is -3.06. The van der Waals surface area contributed by atoms with Crippen LogP contribution in [-0.4, -0.2) is 38.4 Å². The Bertz CT molecular complexity index is 910. The molecular formula is C19H17N3O3S. The van der Waals surface area contributed by atoms with Crippen molar-refractivity contribution in [2.75, 3.05) is 6.54 Å². The first-order chi connectivity index (χ1) is 12.5. The summed E-state index contributed by atoms with van der Waals surface area (Å²) in [4.78, 5) is 34.6. The highest BCUT2D eigenvalue weighted by Crippen LogP contribution is 2.28. The van der Waals surface area contributed by atoms with Gasteiger partial charge in [0.2, 0.25) is 0 Å². The standard InChI is InChI=1S/C19H17N3O3S/c1-13-17(26-18(21-13)14-7-3-2-4-8-14)19(25)22(12-16(23)24)11-15-9-5-6-10-20-15/h2-10H,11-12H2,1H3,(H,23,24). The topological polar surface area (TPSA) is 83.4 Å². The van der Waals surface area contributed by atoms with Gasteiger partial charge in [-0.3, -0.25) is 14.6 Å². The van der Waals surface area contributed by atoms with Crippen molar-refractivity contribution in [3.05, 3.63) is 71.0 Å². The molecule has 0 fully saturated rings. The smallest absolute Gasteiger partial charge is 0.323 e. The molecule has 0 aliphatic heterocycles. The third-order valence-corrected chi connectivity index (χ3v) is 4.90. The maximum absolute atomic E-state index is 13.0. The van der Waals surface area contributed by atoms with Crippen molar-refractivity contribution in [3.8, 4) is 10.6 Å². The summed E-state index contributed by atoms with van der Waals surface area (Å²) >= 11 is 1.27. The predicted octanol–water partition coefficient (Wildman–Crippen LogP) is 3.24. The fourth-order valence-corrected chi connectivity index (χ4v) is 3.53. The van der Waals surface area contributed by atoms with E-state index in [0.29, 0.717) is 16.3 Å². The Kier molecular flexibility index (Phi) is 5.38. The summed E-state index contributed by atoms with van der Waals surface area (Å²) in [7, 11) is 0. The average Bonchev–Trinajstić information content (AvgIpc) is 3.03. The minimum atomic E-state index is -1.07. The van der Waals surface area contributed by atoms with Gasteiger partial charge in [-0.1, -0.05) is 36.4 Å². The van der Waals surface area contributed by atoms with Crippen LogP contribution in [0.4, 0.5) is 0 Å². The van der Waals surface area contributed by atoms with E-state index < -0.39 is 12.5 Å². The third-order valence-electron chi connectivity index (χ3n) is 3.70. The van der Waals surface area contributed by atoms with Crippen LogP contribution in [0.15, 0.2) is 54.7 Å². The van der Waals surface area contributed by atoms with Crippen LogP contribution in [0, 0.1) is 6.92 Å². The lowest BCUT2D eigenvalue weighted by Gasteiger charge is -2.19. The number of hydrogen-bond acceptors (Lipinski definition) is 5. The summed E-state index contributed by atoms with van der Waals surface area (Å²) < 4.78 is 0. The number of thiazole rings is 1. The van der Waals surface area contributed by atoms with Gasteiger partial charge in [0.25, 0.3) is 5.91 Å². The summed E-state index contributed by atoms with van der Waals surface area (Å²) in [5.74, 6) is -1.42. The first-order valence-corrected chi connectivity index (χ1v) is 8.80. The molecule has 0 saturated carbocycles. The summed E-state index contributed by atoms with van der Waals surface area (Å²) in [6, 6.07) is 14.9. The number of aryl methyl sites for hydroxylation is 1. The largest absolute Gasteiger partial charge is 0.480 e. The SMILES string of the molecule is Cc1nc(-c2ccccc2)sc1C(=O)N(CC(=O)O)Cc1ccccn1. The normalized spacial score (nSPS) is 10.5. The molecule has 132 valence electrons. The van der Waals surface area contributed by atoms with E-state index in [1.54, 1.807) is 31.3 Å². The number of carboxylic acid groups (broad SMARTS) is 1. The molecule has 0 aliphatic carbocycles. The van der Waals surface area contributed by atoms with Gasteiger partial charge in [-0.15, -0.1) is 11.3 Å². The second kappa shape index (κ2) is 7.88. The third kappa shape index (κ3) is 4.12. The molecular weight excluding hydrogens is 350 g/mol. The molecule has 26 heavy (non-hydrogen) atoms. The average molecular weight is 367 g/mol. The lowest BCUT2D eigenvalue weighted by molar-refractivity contribution is -0.137. The minimum Gasteiger partial charge on any atom is -0.480 e. The molecule has 0 unspecified atom stereocenters. The lowest BCUT2D eigenvalue weighted by atomic mass is 10.2. The van der Waals surface area contributed by atoms with E-state index in [-0.39, 0.29) is 12.5 Å². The van der Waals surface area contributed by atoms with Crippen molar-refractivity contribution >= 4 is 23.2 Å². The number of amides is 1. The van der Waals surface area contributed by atoms with E-state index in [2.05, 4.69) is 9.97 Å². The molecule has 2 heterocycles. The number of hydrogen-bond donors (Lipinski definition) is 1. The van der Waals surface area contributed by atoms with Crippen LogP contribution >= 0.6 is 11.3 Å². The van der Waals surface area contributed by atoms with Gasteiger partial charge in [0, 0.05) is 11.8 Å². The number of pyridine rings is 1. The van der Waals surface area contributed by atoms with Crippen LogP contribution in [0.3, 0.4) is 0 Å². The number of aromatic nitrogens is 2. The van der Waals surface area contributed by atoms with Crippen LogP contribution in [0.5, 0.6) is 0 Å². The maximum atomic E-state index is 13.0. The number of benzene rings is 1. The molecule has 1 N–H and O–H groups in total. The highest BCUT2D eigenvalue weighted by Gasteiger charge is 2.24. The Morgan fingerprint density at radius 2 is 1.85 bits per heavy atom. The van der Waals surface area contributed by atoms with Crippen molar-refractivity contribution in [3.63, 3.8) is 0 Å². The number of rotatable bonds is 6. The predicted molar refractivity (Wildman–Crippen MR) is 98.9 cm³/mol. The van der Waals surface area contributed by atoms with E-state index in [4.69, 9.17) is 0 Å². The molecule has 7 heteroatoms.